The van der Waals surface area contributed by atoms with Crippen LogP contribution in [-0.2, 0) is 42.6 Å². The van der Waals surface area contributed by atoms with Crippen LogP contribution in [0.4, 0.5) is 47.9 Å². The Morgan fingerprint density at radius 1 is 0.833 bits per heavy atom. The van der Waals surface area contributed by atoms with E-state index in [0.717, 1.165) is 46.5 Å². The molecule has 8 aromatic rings. The first-order chi connectivity index (χ1) is 33.0. The standard InChI is InChI=1S/C23H20F3N5O2S2.C21H23N7O2S.CH4O3S.ClH/c1-23(2,3)21-30-18(19(34-21)16-10-11-28-22(27)29-16)12-6-4-9-15(17(12)26)31-35(32,33)20-13(24)7-5-8-14(20)25;1-13-5-6-15(11-19(13)31(22,29)30)24-21-23-10-9-20(25-21)27(3)16-7-8-17-14(2)28(4)26-18(17)12-16;1-5(2,3)4;/h4-11,31H,1-3H3,(H2,27,28,29);5-12H,1-4H3,(H2,22,29,30)(H,23,24,25);1H3,(H,2,3,4);1H. The van der Waals surface area contributed by atoms with E-state index in [-0.39, 0.29) is 39.9 Å². The molecule has 0 atom stereocenters. The summed E-state index contributed by atoms with van der Waals surface area (Å²) >= 11 is 1.29. The van der Waals surface area contributed by atoms with E-state index in [1.807, 2.05) is 74.3 Å². The molecule has 0 amide bonds. The highest BCUT2D eigenvalue weighted by atomic mass is 35.5. The molecule has 0 radical (unpaired) electrons. The van der Waals surface area contributed by atoms with Crippen LogP contribution in [0.5, 0.6) is 0 Å². The van der Waals surface area contributed by atoms with E-state index in [2.05, 4.69) is 35.3 Å². The molecular formula is C45H48ClF3N12O7S4. The van der Waals surface area contributed by atoms with Crippen molar-refractivity contribution >= 4 is 99.6 Å². The minimum Gasteiger partial charge on any atom is -0.368 e. The van der Waals surface area contributed by atoms with E-state index in [1.54, 1.807) is 37.4 Å². The first kappa shape index (κ1) is 56.1. The highest BCUT2D eigenvalue weighted by Crippen LogP contribution is 2.42. The van der Waals surface area contributed by atoms with Crippen LogP contribution < -0.4 is 25.8 Å². The predicted octanol–water partition coefficient (Wildman–Crippen LogP) is 8.43. The lowest BCUT2D eigenvalue weighted by molar-refractivity contribution is 0.490. The quantitative estimate of drug-likeness (QED) is 0.0803. The van der Waals surface area contributed by atoms with Gasteiger partial charge in [-0.25, -0.2) is 55.1 Å². The highest BCUT2D eigenvalue weighted by molar-refractivity contribution is 7.92. The number of primary sulfonamides is 1. The summed E-state index contributed by atoms with van der Waals surface area (Å²) in [5.74, 6) is -2.54. The van der Waals surface area contributed by atoms with Crippen molar-refractivity contribution in [2.45, 2.75) is 49.8 Å². The van der Waals surface area contributed by atoms with Crippen molar-refractivity contribution < 1.29 is 43.0 Å². The van der Waals surface area contributed by atoms with Gasteiger partial charge >= 0.3 is 0 Å². The maximum Gasteiger partial charge on any atom is 0.267 e. The fourth-order valence-corrected chi connectivity index (χ4v) is 9.71. The molecule has 8 rings (SSSR count). The molecule has 7 N–H and O–H groups in total. The van der Waals surface area contributed by atoms with Gasteiger partial charge in [0, 0.05) is 59.9 Å². The molecule has 19 nitrogen and oxygen atoms in total. The van der Waals surface area contributed by atoms with E-state index >= 15 is 4.39 Å². The Hall–Kier alpha value is -6.81. The number of thiazole rings is 1. The van der Waals surface area contributed by atoms with E-state index in [1.165, 1.54) is 35.7 Å². The van der Waals surface area contributed by atoms with Gasteiger partial charge in [-0.15, -0.1) is 23.7 Å². The molecule has 0 unspecified atom stereocenters. The van der Waals surface area contributed by atoms with Gasteiger partial charge in [0.2, 0.25) is 21.9 Å². The SMILES string of the molecule is CC(C)(C)c1nc(-c2cccc(NS(=O)(=O)c3c(F)cccc3F)c2F)c(-c2ccnc(N)n2)s1.CS(=O)(=O)O.Cc1ccc(Nc2nccc(N(C)c3ccc4c(C)n(C)nc4c3)n2)cc1S(N)(=O)=O.Cl. The van der Waals surface area contributed by atoms with Crippen LogP contribution in [0, 0.1) is 31.3 Å². The first-order valence-corrected chi connectivity index (χ1v) is 26.4. The van der Waals surface area contributed by atoms with Crippen LogP contribution in [-0.4, -0.2) is 77.8 Å². The number of benzene rings is 4. The van der Waals surface area contributed by atoms with Gasteiger partial charge < -0.3 is 16.0 Å². The van der Waals surface area contributed by atoms with Crippen molar-refractivity contribution in [3.63, 3.8) is 0 Å². The maximum atomic E-state index is 15.7. The smallest absolute Gasteiger partial charge is 0.267 e. The molecule has 0 aliphatic carbocycles. The third-order valence-electron chi connectivity index (χ3n) is 10.1. The Bertz CT molecular complexity index is 3630. The topological polar surface area (TPSA) is 284 Å². The molecule has 0 spiro atoms. The van der Waals surface area contributed by atoms with Gasteiger partial charge in [0.1, 0.15) is 17.5 Å². The fourth-order valence-electron chi connectivity index (χ4n) is 6.60. The number of nitrogens with two attached hydrogens (primary N) is 2. The molecule has 0 aliphatic heterocycles. The number of hydrogen-bond acceptors (Lipinski definition) is 16. The van der Waals surface area contributed by atoms with Crippen molar-refractivity contribution in [2.75, 3.05) is 34.0 Å². The van der Waals surface area contributed by atoms with E-state index in [0.29, 0.717) is 44.9 Å². The van der Waals surface area contributed by atoms with E-state index in [4.69, 9.17) is 15.4 Å². The molecule has 0 fully saturated rings. The Labute approximate surface area is 423 Å². The Morgan fingerprint density at radius 3 is 2.10 bits per heavy atom. The minimum atomic E-state index is -4.78. The third kappa shape index (κ3) is 13.6. The van der Waals surface area contributed by atoms with Gasteiger partial charge in [-0.2, -0.15) is 18.5 Å². The first-order valence-electron chi connectivity index (χ1n) is 20.7. The zero-order valence-electron chi connectivity index (χ0n) is 39.5. The van der Waals surface area contributed by atoms with Gasteiger partial charge in [0.15, 0.2) is 10.7 Å². The van der Waals surface area contributed by atoms with Gasteiger partial charge in [0.05, 0.1) is 43.6 Å². The average molecular weight is 1090 g/mol. The molecule has 0 aliphatic rings. The Morgan fingerprint density at radius 2 is 1.47 bits per heavy atom. The molecule has 4 heterocycles. The van der Waals surface area contributed by atoms with Crippen molar-refractivity contribution in [3.8, 4) is 21.8 Å². The summed E-state index contributed by atoms with van der Waals surface area (Å²) in [7, 11) is -8.43. The number of nitrogens with zero attached hydrogens (tertiary/aromatic N) is 8. The monoisotopic (exact) mass is 1090 g/mol. The molecule has 382 valence electrons. The second kappa shape index (κ2) is 21.9. The lowest BCUT2D eigenvalue weighted by Gasteiger charge is -2.19. The normalized spacial score (nSPS) is 11.7. The van der Waals surface area contributed by atoms with Crippen molar-refractivity contribution in [1.29, 1.82) is 0 Å². The molecule has 4 aromatic heterocycles. The zero-order valence-corrected chi connectivity index (χ0v) is 43.6. The summed E-state index contributed by atoms with van der Waals surface area (Å²) in [5, 5.41) is 14.7. The molecule has 4 aromatic carbocycles. The highest BCUT2D eigenvalue weighted by Gasteiger charge is 2.29. The van der Waals surface area contributed by atoms with Gasteiger partial charge in [-0.3, -0.25) is 14.0 Å². The third-order valence-corrected chi connectivity index (χ3v) is 14.1. The van der Waals surface area contributed by atoms with Crippen molar-refractivity contribution in [3.05, 3.63) is 131 Å². The Kier molecular flexibility index (Phi) is 17.1. The number of aromatic nitrogens is 7. The summed E-state index contributed by atoms with van der Waals surface area (Å²) in [5.41, 5.74) is 9.50. The second-order valence-corrected chi connectivity index (χ2v) is 22.3. The summed E-state index contributed by atoms with van der Waals surface area (Å²) < 4.78 is 123. The predicted molar refractivity (Wildman–Crippen MR) is 275 cm³/mol. The molecule has 72 heavy (non-hydrogen) atoms. The number of nitrogens with one attached hydrogen (secondary N) is 2. The minimum absolute atomic E-state index is 0. The molecule has 27 heteroatoms. The Balaban J connectivity index is 0.000000243. The number of hydrogen-bond donors (Lipinski definition) is 5. The van der Waals surface area contributed by atoms with Crippen LogP contribution in [0.3, 0.4) is 0 Å². The number of rotatable bonds is 10. The lowest BCUT2D eigenvalue weighted by atomic mass is 9.98. The van der Waals surface area contributed by atoms with Gasteiger partial charge in [-0.05, 0) is 86.1 Å². The van der Waals surface area contributed by atoms with E-state index < -0.39 is 58.2 Å². The van der Waals surface area contributed by atoms with Gasteiger partial charge in [0.25, 0.3) is 20.1 Å². The zero-order chi connectivity index (χ0) is 52.4. The van der Waals surface area contributed by atoms with Crippen LogP contribution in [0.1, 0.15) is 37.0 Å². The number of nitrogen functional groups attached to an aromatic ring is 1. The average Bonchev–Trinajstić information content (AvgIpc) is 3.84. The van der Waals surface area contributed by atoms with Crippen LogP contribution in [0.2, 0.25) is 0 Å². The van der Waals surface area contributed by atoms with E-state index in [9.17, 15) is 34.0 Å². The number of fused-ring (bicyclic) bond motifs is 1. The van der Waals surface area contributed by atoms with Crippen LogP contribution in [0.25, 0.3) is 32.7 Å². The summed E-state index contributed by atoms with van der Waals surface area (Å²) in [4.78, 5) is 22.8. The number of anilines is 6. The molecule has 0 saturated carbocycles. The van der Waals surface area contributed by atoms with Crippen molar-refractivity contribution in [1.82, 2.24) is 34.7 Å². The molecular weight excluding hydrogens is 1040 g/mol. The molecule has 0 bridgehead atoms. The van der Waals surface area contributed by atoms with Crippen LogP contribution >= 0.6 is 23.7 Å². The number of aryl methyl sites for hydroxylation is 3. The largest absolute Gasteiger partial charge is 0.368 e. The van der Waals surface area contributed by atoms with Gasteiger partial charge in [-0.1, -0.05) is 39.0 Å². The summed E-state index contributed by atoms with van der Waals surface area (Å²) in [6, 6.07) is 21.0. The van der Waals surface area contributed by atoms with Crippen molar-refractivity contribution in [2.24, 2.45) is 12.2 Å². The lowest BCUT2D eigenvalue weighted by Crippen LogP contribution is -2.17. The second-order valence-electron chi connectivity index (χ2n) is 16.7. The fraction of sp³-hybridized carbons (Fsp3) is 0.200. The summed E-state index contributed by atoms with van der Waals surface area (Å²) in [6.45, 7) is 9.55. The van der Waals surface area contributed by atoms with Crippen LogP contribution in [0.15, 0.2) is 107 Å². The number of halogens is 4. The number of sulfonamides is 2. The maximum absolute atomic E-state index is 15.7. The summed E-state index contributed by atoms with van der Waals surface area (Å²) in [6.07, 6.45) is 3.81. The molecule has 0 saturated heterocycles.